The summed E-state index contributed by atoms with van der Waals surface area (Å²) >= 11 is 0. The molecule has 0 amide bonds. The minimum atomic E-state index is -1.67. The topological polar surface area (TPSA) is 36.0 Å². The van der Waals surface area contributed by atoms with Crippen LogP contribution in [0.25, 0.3) is 21.9 Å². The standard InChI is InChI=1S/C68H78BN3O2Si2/c1-65(2,3)43-37-52-59-63(73-61(52)54(39-43)67(7,8)9)69-58-56(71(59)47-29-33-50(34-30-47)75(13,14)15)41-49(70(45-25-21-19-22-26-45)46-27-23-20-24-28-46)42-57(58)72(48-31-35-51(36-32-48)76(16,17)18)60-53-38-44(66(4,5)6)40-55(68(10,11)12)62(53)74-64(60)69/h19-42H,1-18H3. The molecule has 0 aliphatic carbocycles. The van der Waals surface area contributed by atoms with E-state index in [2.05, 4.69) is 283 Å². The predicted octanol–water partition coefficient (Wildman–Crippen LogP) is 17.0. The third kappa shape index (κ3) is 8.68. The monoisotopic (exact) mass is 1040 g/mol. The molecule has 2 aliphatic heterocycles. The van der Waals surface area contributed by atoms with Gasteiger partial charge in [0.05, 0.1) is 33.2 Å². The molecular formula is C68H78BN3O2Si2. The quantitative estimate of drug-likeness (QED) is 0.149. The highest BCUT2D eigenvalue weighted by Gasteiger charge is 2.51. The molecule has 0 spiro atoms. The number of para-hydroxylation sites is 2. The Kier molecular flexibility index (Phi) is 11.9. The zero-order valence-electron chi connectivity index (χ0n) is 48.6. The number of benzene rings is 7. The zero-order valence-corrected chi connectivity index (χ0v) is 50.6. The number of rotatable bonds is 7. The molecule has 0 atom stereocenters. The molecule has 0 bridgehead atoms. The van der Waals surface area contributed by atoms with E-state index in [-0.39, 0.29) is 21.7 Å². The normalized spacial score (nSPS) is 14.1. The van der Waals surface area contributed by atoms with Crippen LogP contribution in [0.4, 0.5) is 51.2 Å². The van der Waals surface area contributed by atoms with Crippen molar-refractivity contribution in [3.63, 3.8) is 0 Å². The minimum absolute atomic E-state index is 0.128. The van der Waals surface area contributed by atoms with Crippen molar-refractivity contribution < 1.29 is 8.83 Å². The molecule has 0 radical (unpaired) electrons. The van der Waals surface area contributed by atoms with E-state index in [0.717, 1.165) is 89.9 Å². The van der Waals surface area contributed by atoms with Crippen LogP contribution in [-0.4, -0.2) is 22.9 Å². The van der Waals surface area contributed by atoms with Gasteiger partial charge in [0, 0.05) is 56.0 Å². The van der Waals surface area contributed by atoms with Gasteiger partial charge in [-0.25, -0.2) is 0 Å². The van der Waals surface area contributed by atoms with Crippen molar-refractivity contribution in [2.75, 3.05) is 14.7 Å². The van der Waals surface area contributed by atoms with Gasteiger partial charge >= 0.3 is 6.71 Å². The highest BCUT2D eigenvalue weighted by atomic mass is 28.3. The van der Waals surface area contributed by atoms with Crippen LogP contribution in [0.1, 0.15) is 105 Å². The Bertz CT molecular complexity index is 3460. The van der Waals surface area contributed by atoms with Crippen molar-refractivity contribution in [2.45, 2.75) is 144 Å². The van der Waals surface area contributed by atoms with Gasteiger partial charge in [0.15, 0.2) is 0 Å². The van der Waals surface area contributed by atoms with E-state index in [4.69, 9.17) is 8.83 Å². The molecule has 9 aromatic rings. The number of fused-ring (bicyclic) bond motifs is 8. The maximum atomic E-state index is 7.81. The van der Waals surface area contributed by atoms with Crippen molar-refractivity contribution in [1.82, 2.24) is 0 Å². The van der Waals surface area contributed by atoms with E-state index in [0.29, 0.717) is 0 Å². The van der Waals surface area contributed by atoms with Crippen LogP contribution in [0.3, 0.4) is 0 Å². The summed E-state index contributed by atoms with van der Waals surface area (Å²) in [4.78, 5) is 7.54. The Labute approximate surface area is 456 Å². The van der Waals surface area contributed by atoms with E-state index in [1.807, 2.05) is 0 Å². The summed E-state index contributed by atoms with van der Waals surface area (Å²) in [6.45, 7) is 42.2. The minimum Gasteiger partial charge on any atom is -0.468 e. The van der Waals surface area contributed by atoms with Crippen LogP contribution < -0.4 is 41.9 Å². The molecule has 11 rings (SSSR count). The van der Waals surface area contributed by atoms with Gasteiger partial charge in [0.2, 0.25) is 0 Å². The van der Waals surface area contributed by atoms with Crippen LogP contribution in [0.5, 0.6) is 0 Å². The van der Waals surface area contributed by atoms with Crippen LogP contribution >= 0.6 is 0 Å². The lowest BCUT2D eigenvalue weighted by Gasteiger charge is -2.42. The van der Waals surface area contributed by atoms with E-state index < -0.39 is 22.9 Å². The third-order valence-corrected chi connectivity index (χ3v) is 20.2. The number of anilines is 9. The first-order chi connectivity index (χ1) is 35.5. The third-order valence-electron chi connectivity index (χ3n) is 16.1. The summed E-state index contributed by atoms with van der Waals surface area (Å²) in [6.07, 6.45) is 0. The zero-order chi connectivity index (χ0) is 54.4. The summed E-state index contributed by atoms with van der Waals surface area (Å²) in [7, 11) is -3.33. The van der Waals surface area contributed by atoms with E-state index >= 15 is 0 Å². The highest BCUT2D eigenvalue weighted by Crippen LogP contribution is 2.53. The first-order valence-electron chi connectivity index (χ1n) is 27.6. The highest BCUT2D eigenvalue weighted by molar-refractivity contribution is 6.99. The van der Waals surface area contributed by atoms with Crippen molar-refractivity contribution in [2.24, 2.45) is 0 Å². The lowest BCUT2D eigenvalue weighted by atomic mass is 9.37. The largest absolute Gasteiger partial charge is 0.468 e. The smallest absolute Gasteiger partial charge is 0.342 e. The van der Waals surface area contributed by atoms with Crippen LogP contribution in [0.2, 0.25) is 39.3 Å². The number of hydrogen-bond donors (Lipinski definition) is 0. The number of furan rings is 2. The summed E-state index contributed by atoms with van der Waals surface area (Å²) in [5.74, 6) is 0. The van der Waals surface area contributed by atoms with Gasteiger partial charge in [-0.3, -0.25) is 0 Å². The molecule has 2 aliphatic rings. The SMILES string of the molecule is CC(C)(C)c1cc(C(C)(C)C)c2oc3c(c2c1)N(c1ccc([Si](C)(C)C)cc1)c1cc(N(c2ccccc2)c2ccccc2)cc2c1B3c1oc3c(C(C)(C)C)cc(C(C)(C)C)cc3c1N2c1ccc([Si](C)(C)C)cc1. The Morgan fingerprint density at radius 1 is 0.408 bits per heavy atom. The second kappa shape index (κ2) is 17.5. The molecule has 0 unspecified atom stereocenters. The lowest BCUT2D eigenvalue weighted by Crippen LogP contribution is -2.60. The van der Waals surface area contributed by atoms with Gasteiger partial charge in [0.25, 0.3) is 0 Å². The Morgan fingerprint density at radius 3 is 1.08 bits per heavy atom. The average Bonchev–Trinajstić information content (AvgIpc) is 4.11. The molecular weight excluding hydrogens is 958 g/mol. The van der Waals surface area contributed by atoms with Gasteiger partial charge in [-0.1, -0.05) is 206 Å². The van der Waals surface area contributed by atoms with E-state index in [1.165, 1.54) is 32.6 Å². The molecule has 7 aromatic carbocycles. The molecule has 0 saturated carbocycles. The molecule has 2 aromatic heterocycles. The molecule has 388 valence electrons. The molecule has 5 nitrogen and oxygen atoms in total. The van der Waals surface area contributed by atoms with Gasteiger partial charge in [0.1, 0.15) is 22.5 Å². The predicted molar refractivity (Wildman–Crippen MR) is 335 cm³/mol. The second-order valence-corrected chi connectivity index (χ2v) is 38.2. The van der Waals surface area contributed by atoms with Gasteiger partial charge in [-0.05, 0) is 111 Å². The maximum absolute atomic E-state index is 7.81. The molecule has 76 heavy (non-hydrogen) atoms. The average molecular weight is 1040 g/mol. The fourth-order valence-electron chi connectivity index (χ4n) is 11.6. The number of hydrogen-bond acceptors (Lipinski definition) is 5. The Balaban J connectivity index is 1.37. The maximum Gasteiger partial charge on any atom is 0.342 e. The first kappa shape index (κ1) is 51.6. The van der Waals surface area contributed by atoms with Gasteiger partial charge in [-0.2, -0.15) is 0 Å². The Morgan fingerprint density at radius 2 is 0.763 bits per heavy atom. The van der Waals surface area contributed by atoms with Crippen molar-refractivity contribution in [3.05, 3.63) is 168 Å². The van der Waals surface area contributed by atoms with Gasteiger partial charge in [-0.15, -0.1) is 0 Å². The molecule has 0 fully saturated rings. The molecule has 8 heteroatoms. The summed E-state index contributed by atoms with van der Waals surface area (Å²) in [5, 5.41) is 5.09. The summed E-state index contributed by atoms with van der Waals surface area (Å²) in [5.41, 5.74) is 18.9. The fourth-order valence-corrected chi connectivity index (χ4v) is 14.0. The Hall–Kier alpha value is -6.48. The van der Waals surface area contributed by atoms with Crippen molar-refractivity contribution in [3.8, 4) is 0 Å². The lowest BCUT2D eigenvalue weighted by molar-refractivity contribution is 0.555. The van der Waals surface area contributed by atoms with Crippen molar-refractivity contribution >= 4 is 123 Å². The van der Waals surface area contributed by atoms with Crippen LogP contribution in [-0.2, 0) is 21.7 Å². The summed E-state index contributed by atoms with van der Waals surface area (Å²) < 4.78 is 15.6. The molecule has 0 saturated heterocycles. The summed E-state index contributed by atoms with van der Waals surface area (Å²) in [6, 6.07) is 55.4. The molecule has 0 N–H and O–H groups in total. The molecule has 4 heterocycles. The fraction of sp³-hybridized carbons (Fsp3) is 0.324. The van der Waals surface area contributed by atoms with Gasteiger partial charge < -0.3 is 23.5 Å². The van der Waals surface area contributed by atoms with Crippen LogP contribution in [0.15, 0.2) is 154 Å². The number of nitrogens with zero attached hydrogens (tertiary/aromatic N) is 3. The van der Waals surface area contributed by atoms with Crippen LogP contribution in [0, 0.1) is 0 Å². The van der Waals surface area contributed by atoms with E-state index in [1.54, 1.807) is 0 Å². The van der Waals surface area contributed by atoms with Crippen molar-refractivity contribution in [1.29, 1.82) is 0 Å². The van der Waals surface area contributed by atoms with E-state index in [9.17, 15) is 0 Å². The first-order valence-corrected chi connectivity index (χ1v) is 34.6. The second-order valence-electron chi connectivity index (χ2n) is 28.0.